The molecule has 21 heavy (non-hydrogen) atoms. The van der Waals surface area contributed by atoms with Gasteiger partial charge in [-0.25, -0.2) is 0 Å². The van der Waals surface area contributed by atoms with Gasteiger partial charge in [-0.15, -0.1) is 0 Å². The lowest BCUT2D eigenvalue weighted by Crippen LogP contribution is -2.35. The molecule has 0 aliphatic carbocycles. The maximum absolute atomic E-state index is 12.3. The summed E-state index contributed by atoms with van der Waals surface area (Å²) >= 11 is 0. The molecule has 0 heterocycles. The van der Waals surface area contributed by atoms with Gasteiger partial charge < -0.3 is 19.5 Å². The maximum Gasteiger partial charge on any atom is 0.179 e. The highest BCUT2D eigenvalue weighted by atomic mass is 16.5. The quantitative estimate of drug-likeness (QED) is 0.530. The van der Waals surface area contributed by atoms with Crippen molar-refractivity contribution < 1.29 is 19.0 Å². The molecular formula is C16H25NO4. The second kappa shape index (κ2) is 9.37. The molecule has 1 atom stereocenters. The second-order valence-corrected chi connectivity index (χ2v) is 4.66. The fourth-order valence-electron chi connectivity index (χ4n) is 1.97. The molecule has 0 radical (unpaired) electrons. The van der Waals surface area contributed by atoms with Crippen molar-refractivity contribution in [2.75, 3.05) is 34.0 Å². The van der Waals surface area contributed by atoms with E-state index in [9.17, 15) is 4.79 Å². The highest BCUT2D eigenvalue weighted by Crippen LogP contribution is 2.27. The normalized spacial score (nSPS) is 12.0. The number of Topliss-reactive ketones (excluding diaryl/α,β-unsaturated/α-hetero) is 1. The molecule has 1 rings (SSSR count). The predicted molar refractivity (Wildman–Crippen MR) is 82.5 cm³/mol. The van der Waals surface area contributed by atoms with Crippen LogP contribution in [0.4, 0.5) is 0 Å². The first kappa shape index (κ1) is 17.5. The number of ketones is 1. The number of ether oxygens (including phenoxy) is 3. The Morgan fingerprint density at radius 2 is 1.95 bits per heavy atom. The van der Waals surface area contributed by atoms with E-state index in [1.165, 1.54) is 0 Å². The maximum atomic E-state index is 12.3. The summed E-state index contributed by atoms with van der Waals surface area (Å²) < 4.78 is 15.6. The van der Waals surface area contributed by atoms with E-state index in [0.717, 1.165) is 19.6 Å². The lowest BCUT2D eigenvalue weighted by molar-refractivity contribution is 0.0946. The first-order chi connectivity index (χ1) is 10.1. The van der Waals surface area contributed by atoms with Crippen LogP contribution < -0.4 is 14.8 Å². The van der Waals surface area contributed by atoms with E-state index in [1.54, 1.807) is 32.4 Å². The molecule has 0 saturated carbocycles. The summed E-state index contributed by atoms with van der Waals surface area (Å²) in [6.45, 7) is 6.01. The Morgan fingerprint density at radius 3 is 2.57 bits per heavy atom. The third kappa shape index (κ3) is 5.36. The fraction of sp³-hybridized carbons (Fsp3) is 0.562. The first-order valence-corrected chi connectivity index (χ1v) is 7.21. The summed E-state index contributed by atoms with van der Waals surface area (Å²) in [5.41, 5.74) is 0.609. The molecule has 0 spiro atoms. The molecule has 0 aliphatic rings. The van der Waals surface area contributed by atoms with Crippen LogP contribution in [0.15, 0.2) is 18.2 Å². The van der Waals surface area contributed by atoms with E-state index in [2.05, 4.69) is 5.32 Å². The predicted octanol–water partition coefficient (Wildman–Crippen LogP) is 2.29. The van der Waals surface area contributed by atoms with Gasteiger partial charge in [0.1, 0.15) is 0 Å². The minimum Gasteiger partial charge on any atom is -0.493 e. The van der Waals surface area contributed by atoms with Gasteiger partial charge in [0.15, 0.2) is 17.3 Å². The van der Waals surface area contributed by atoms with E-state index in [-0.39, 0.29) is 11.8 Å². The van der Waals surface area contributed by atoms with Crippen molar-refractivity contribution in [3.8, 4) is 11.5 Å². The van der Waals surface area contributed by atoms with Crippen molar-refractivity contribution in [2.24, 2.45) is 0 Å². The molecule has 0 fully saturated rings. The van der Waals surface area contributed by atoms with Gasteiger partial charge in [-0.05, 0) is 45.0 Å². The molecule has 1 unspecified atom stereocenters. The van der Waals surface area contributed by atoms with Gasteiger partial charge in [-0.2, -0.15) is 0 Å². The van der Waals surface area contributed by atoms with Crippen LogP contribution in [0.25, 0.3) is 0 Å². The lowest BCUT2D eigenvalue weighted by atomic mass is 10.0. The monoisotopic (exact) mass is 295 g/mol. The van der Waals surface area contributed by atoms with Crippen LogP contribution in [0.1, 0.15) is 30.6 Å². The van der Waals surface area contributed by atoms with E-state index in [1.807, 2.05) is 13.8 Å². The van der Waals surface area contributed by atoms with Gasteiger partial charge in [0, 0.05) is 18.8 Å². The summed E-state index contributed by atoms with van der Waals surface area (Å²) in [5.74, 6) is 1.21. The number of hydrogen-bond acceptors (Lipinski definition) is 5. The molecule has 0 aromatic heterocycles. The van der Waals surface area contributed by atoms with Crippen LogP contribution in [0.3, 0.4) is 0 Å². The average molecular weight is 295 g/mol. The first-order valence-electron chi connectivity index (χ1n) is 7.21. The molecule has 0 saturated heterocycles. The van der Waals surface area contributed by atoms with Gasteiger partial charge in [-0.3, -0.25) is 4.79 Å². The minimum absolute atomic E-state index is 0.0346. The molecule has 1 aromatic carbocycles. The fourth-order valence-corrected chi connectivity index (χ4v) is 1.97. The second-order valence-electron chi connectivity index (χ2n) is 4.66. The minimum atomic E-state index is -0.246. The zero-order valence-corrected chi connectivity index (χ0v) is 13.3. The largest absolute Gasteiger partial charge is 0.493 e. The molecule has 5 heteroatoms. The Balaban J connectivity index is 2.57. The van der Waals surface area contributed by atoms with Crippen molar-refractivity contribution in [1.82, 2.24) is 5.32 Å². The molecule has 0 bridgehead atoms. The van der Waals surface area contributed by atoms with Crippen LogP contribution in [-0.4, -0.2) is 45.8 Å². The summed E-state index contributed by atoms with van der Waals surface area (Å²) in [6, 6.07) is 4.96. The highest BCUT2D eigenvalue weighted by molar-refractivity contribution is 6.00. The molecule has 1 N–H and O–H groups in total. The van der Waals surface area contributed by atoms with Crippen LogP contribution >= 0.6 is 0 Å². The Labute approximate surface area is 126 Å². The van der Waals surface area contributed by atoms with Crippen LogP contribution in [0.5, 0.6) is 11.5 Å². The molecule has 0 amide bonds. The lowest BCUT2D eigenvalue weighted by Gasteiger charge is -2.14. The van der Waals surface area contributed by atoms with Crippen molar-refractivity contribution in [1.29, 1.82) is 0 Å². The van der Waals surface area contributed by atoms with Crippen molar-refractivity contribution in [3.05, 3.63) is 23.8 Å². The van der Waals surface area contributed by atoms with Gasteiger partial charge >= 0.3 is 0 Å². The van der Waals surface area contributed by atoms with Gasteiger partial charge in [-0.1, -0.05) is 0 Å². The smallest absolute Gasteiger partial charge is 0.179 e. The third-order valence-corrected chi connectivity index (χ3v) is 3.18. The number of benzene rings is 1. The number of hydrogen-bond donors (Lipinski definition) is 1. The molecule has 1 aromatic rings. The number of rotatable bonds is 10. The van der Waals surface area contributed by atoms with E-state index in [0.29, 0.717) is 23.7 Å². The molecule has 118 valence electrons. The Morgan fingerprint density at radius 1 is 1.24 bits per heavy atom. The number of carbonyl (C=O) groups excluding carboxylic acids is 1. The number of carbonyl (C=O) groups is 1. The number of nitrogens with one attached hydrogen (secondary N) is 1. The molecule has 0 aliphatic heterocycles. The Kier molecular flexibility index (Phi) is 7.79. The summed E-state index contributed by atoms with van der Waals surface area (Å²) in [6.07, 6.45) is 0.886. The van der Waals surface area contributed by atoms with Crippen LogP contribution in [0, 0.1) is 0 Å². The summed E-state index contributed by atoms with van der Waals surface area (Å²) in [7, 11) is 3.13. The Hall–Kier alpha value is -1.59. The highest BCUT2D eigenvalue weighted by Gasteiger charge is 2.16. The standard InChI is InChI=1S/C16H25NO4/c1-5-21-10-6-9-17-12(2)16(18)13-7-8-14(19-3)15(11-13)20-4/h7-8,11-12,17H,5-6,9-10H2,1-4H3. The van der Waals surface area contributed by atoms with E-state index in [4.69, 9.17) is 14.2 Å². The average Bonchev–Trinajstić information content (AvgIpc) is 2.53. The van der Waals surface area contributed by atoms with Crippen molar-refractivity contribution in [2.45, 2.75) is 26.3 Å². The van der Waals surface area contributed by atoms with Crippen molar-refractivity contribution >= 4 is 5.78 Å². The van der Waals surface area contributed by atoms with Crippen LogP contribution in [-0.2, 0) is 4.74 Å². The topological polar surface area (TPSA) is 56.8 Å². The SMILES string of the molecule is CCOCCCNC(C)C(=O)c1ccc(OC)c(OC)c1. The summed E-state index contributed by atoms with van der Waals surface area (Å²) in [4.78, 5) is 12.3. The van der Waals surface area contributed by atoms with Gasteiger partial charge in [0.05, 0.1) is 20.3 Å². The van der Waals surface area contributed by atoms with Gasteiger partial charge in [0.25, 0.3) is 0 Å². The molecule has 5 nitrogen and oxygen atoms in total. The van der Waals surface area contributed by atoms with E-state index < -0.39 is 0 Å². The van der Waals surface area contributed by atoms with Crippen LogP contribution in [0.2, 0.25) is 0 Å². The zero-order chi connectivity index (χ0) is 15.7. The van der Waals surface area contributed by atoms with Crippen molar-refractivity contribution in [3.63, 3.8) is 0 Å². The Bertz CT molecular complexity index is 448. The van der Waals surface area contributed by atoms with Gasteiger partial charge in [0.2, 0.25) is 0 Å². The zero-order valence-electron chi connectivity index (χ0n) is 13.3. The summed E-state index contributed by atoms with van der Waals surface area (Å²) in [5, 5.41) is 3.20. The molecular weight excluding hydrogens is 270 g/mol. The number of methoxy groups -OCH3 is 2. The van der Waals surface area contributed by atoms with E-state index >= 15 is 0 Å². The third-order valence-electron chi connectivity index (χ3n) is 3.18.